The molecule has 0 saturated carbocycles. The highest BCUT2D eigenvalue weighted by Crippen LogP contribution is 2.23. The van der Waals surface area contributed by atoms with Crippen LogP contribution >= 0.6 is 0 Å². The van der Waals surface area contributed by atoms with Gasteiger partial charge in [-0.15, -0.1) is 0 Å². The van der Waals surface area contributed by atoms with Gasteiger partial charge in [0, 0.05) is 6.04 Å². The van der Waals surface area contributed by atoms with E-state index in [0.717, 1.165) is 0 Å². The first-order chi connectivity index (χ1) is 10.3. The van der Waals surface area contributed by atoms with E-state index >= 15 is 0 Å². The molecule has 6 nitrogen and oxygen atoms in total. The fraction of sp³-hybridized carbons (Fsp3) is 0.357. The first kappa shape index (κ1) is 15.9. The van der Waals surface area contributed by atoms with Gasteiger partial charge in [-0.05, 0) is 26.0 Å². The third-order valence-electron chi connectivity index (χ3n) is 3.18. The van der Waals surface area contributed by atoms with Gasteiger partial charge in [0.15, 0.2) is 5.82 Å². The summed E-state index contributed by atoms with van der Waals surface area (Å²) in [7, 11) is 0. The topological polar surface area (TPSA) is 92.1 Å². The normalized spacial score (nSPS) is 11.4. The number of imidazole rings is 1. The van der Waals surface area contributed by atoms with Crippen molar-refractivity contribution in [3.8, 4) is 0 Å². The van der Waals surface area contributed by atoms with E-state index in [0.29, 0.717) is 5.52 Å². The van der Waals surface area contributed by atoms with Crippen LogP contribution < -0.4 is 5.73 Å². The molecule has 0 bridgehead atoms. The third kappa shape index (κ3) is 3.05. The standard InChI is InChI=1S/C14H16F2N4O2/c1-7(2)20(6-10(17)21)14(22)8-4-3-5-9-11(8)19-13(18-9)12(15)16/h3-5,7,12H,6H2,1-2H3,(H2,17,21)(H,18,19). The van der Waals surface area contributed by atoms with Gasteiger partial charge in [-0.1, -0.05) is 6.07 Å². The maximum atomic E-state index is 12.7. The van der Waals surface area contributed by atoms with Crippen LogP contribution in [0.25, 0.3) is 11.0 Å². The summed E-state index contributed by atoms with van der Waals surface area (Å²) in [4.78, 5) is 31.2. The van der Waals surface area contributed by atoms with Crippen molar-refractivity contribution in [2.45, 2.75) is 26.3 Å². The number of para-hydroxylation sites is 1. The molecule has 0 atom stereocenters. The molecule has 0 aliphatic carbocycles. The van der Waals surface area contributed by atoms with Crippen molar-refractivity contribution in [3.05, 3.63) is 29.6 Å². The van der Waals surface area contributed by atoms with Crippen LogP contribution in [0.5, 0.6) is 0 Å². The Morgan fingerprint density at radius 2 is 2.05 bits per heavy atom. The Morgan fingerprint density at radius 3 is 2.59 bits per heavy atom. The van der Waals surface area contributed by atoms with Crippen molar-refractivity contribution in [2.75, 3.05) is 6.54 Å². The molecule has 0 fully saturated rings. The van der Waals surface area contributed by atoms with E-state index in [4.69, 9.17) is 5.73 Å². The number of nitrogens with zero attached hydrogens (tertiary/aromatic N) is 2. The highest BCUT2D eigenvalue weighted by atomic mass is 19.3. The lowest BCUT2D eigenvalue weighted by Crippen LogP contribution is -2.42. The molecule has 3 N–H and O–H groups in total. The van der Waals surface area contributed by atoms with Gasteiger partial charge in [0.2, 0.25) is 5.91 Å². The van der Waals surface area contributed by atoms with Crippen LogP contribution in [0.1, 0.15) is 36.5 Å². The molecule has 1 aromatic heterocycles. The minimum absolute atomic E-state index is 0.149. The number of nitrogens with one attached hydrogen (secondary N) is 1. The Balaban J connectivity index is 2.48. The van der Waals surface area contributed by atoms with Crippen molar-refractivity contribution in [2.24, 2.45) is 5.73 Å². The molecule has 1 heterocycles. The quantitative estimate of drug-likeness (QED) is 0.882. The van der Waals surface area contributed by atoms with E-state index in [2.05, 4.69) is 9.97 Å². The largest absolute Gasteiger partial charge is 0.368 e. The van der Waals surface area contributed by atoms with Gasteiger partial charge >= 0.3 is 0 Å². The van der Waals surface area contributed by atoms with Crippen LogP contribution in [-0.2, 0) is 4.79 Å². The van der Waals surface area contributed by atoms with Gasteiger partial charge in [-0.3, -0.25) is 9.59 Å². The number of aromatic nitrogens is 2. The summed E-state index contributed by atoms with van der Waals surface area (Å²) in [6.45, 7) is 3.21. The Hall–Kier alpha value is -2.51. The molecule has 118 valence electrons. The van der Waals surface area contributed by atoms with Crippen molar-refractivity contribution in [1.82, 2.24) is 14.9 Å². The second-order valence-corrected chi connectivity index (χ2v) is 5.12. The first-order valence-corrected chi connectivity index (χ1v) is 6.67. The minimum atomic E-state index is -2.76. The lowest BCUT2D eigenvalue weighted by atomic mass is 10.1. The fourth-order valence-corrected chi connectivity index (χ4v) is 2.14. The lowest BCUT2D eigenvalue weighted by molar-refractivity contribution is -0.119. The van der Waals surface area contributed by atoms with Gasteiger partial charge in [0.1, 0.15) is 5.52 Å². The number of carbonyl (C=O) groups is 2. The molecule has 0 aliphatic rings. The number of primary amides is 1. The maximum Gasteiger partial charge on any atom is 0.295 e. The van der Waals surface area contributed by atoms with E-state index in [1.165, 1.54) is 11.0 Å². The van der Waals surface area contributed by atoms with Crippen LogP contribution in [0.4, 0.5) is 8.78 Å². The van der Waals surface area contributed by atoms with Gasteiger partial charge in [0.25, 0.3) is 12.3 Å². The van der Waals surface area contributed by atoms with Crippen LogP contribution in [0, 0.1) is 0 Å². The molecule has 22 heavy (non-hydrogen) atoms. The second-order valence-electron chi connectivity index (χ2n) is 5.12. The van der Waals surface area contributed by atoms with Crippen LogP contribution in [0.3, 0.4) is 0 Å². The summed E-state index contributed by atoms with van der Waals surface area (Å²) in [5.41, 5.74) is 5.79. The van der Waals surface area contributed by atoms with E-state index in [1.807, 2.05) is 0 Å². The average molecular weight is 310 g/mol. The number of nitrogens with two attached hydrogens (primary N) is 1. The van der Waals surface area contributed by atoms with E-state index in [-0.39, 0.29) is 23.7 Å². The van der Waals surface area contributed by atoms with Gasteiger partial charge in [-0.2, -0.15) is 0 Å². The summed E-state index contributed by atoms with van der Waals surface area (Å²) >= 11 is 0. The molecule has 0 unspecified atom stereocenters. The number of aromatic amines is 1. The smallest absolute Gasteiger partial charge is 0.295 e. The number of H-pyrrole nitrogens is 1. The summed E-state index contributed by atoms with van der Waals surface area (Å²) in [5, 5.41) is 0. The molecule has 2 aromatic rings. The molecule has 1 aromatic carbocycles. The van der Waals surface area contributed by atoms with Gasteiger partial charge in [-0.25, -0.2) is 13.8 Å². The molecule has 2 amide bonds. The molecule has 0 aliphatic heterocycles. The summed E-state index contributed by atoms with van der Waals surface area (Å²) < 4.78 is 25.5. The van der Waals surface area contributed by atoms with Crippen LogP contribution in [0.2, 0.25) is 0 Å². The maximum absolute atomic E-state index is 12.7. The summed E-state index contributed by atoms with van der Waals surface area (Å²) in [6.07, 6.45) is -2.76. The van der Waals surface area contributed by atoms with Crippen LogP contribution in [0.15, 0.2) is 18.2 Å². The fourth-order valence-electron chi connectivity index (χ4n) is 2.14. The van der Waals surface area contributed by atoms with Crippen molar-refractivity contribution < 1.29 is 18.4 Å². The van der Waals surface area contributed by atoms with Crippen LogP contribution in [-0.4, -0.2) is 39.3 Å². The number of carbonyl (C=O) groups excluding carboxylic acids is 2. The number of hydrogen-bond donors (Lipinski definition) is 2. The molecule has 0 saturated heterocycles. The highest BCUT2D eigenvalue weighted by molar-refractivity contribution is 6.05. The first-order valence-electron chi connectivity index (χ1n) is 6.67. The highest BCUT2D eigenvalue weighted by Gasteiger charge is 2.24. The number of rotatable bonds is 5. The zero-order valence-corrected chi connectivity index (χ0v) is 12.1. The zero-order valence-electron chi connectivity index (χ0n) is 12.1. The molecular formula is C14H16F2N4O2. The second kappa shape index (κ2) is 6.08. The molecule has 0 radical (unpaired) electrons. The third-order valence-corrected chi connectivity index (χ3v) is 3.18. The van der Waals surface area contributed by atoms with E-state index < -0.39 is 24.1 Å². The van der Waals surface area contributed by atoms with E-state index in [1.54, 1.807) is 26.0 Å². The summed E-state index contributed by atoms with van der Waals surface area (Å²) in [5.74, 6) is -1.63. The van der Waals surface area contributed by atoms with E-state index in [9.17, 15) is 18.4 Å². The minimum Gasteiger partial charge on any atom is -0.368 e. The van der Waals surface area contributed by atoms with Gasteiger partial charge < -0.3 is 15.6 Å². The van der Waals surface area contributed by atoms with Crippen molar-refractivity contribution in [3.63, 3.8) is 0 Å². The number of hydrogen-bond acceptors (Lipinski definition) is 3. The van der Waals surface area contributed by atoms with Gasteiger partial charge in [0.05, 0.1) is 17.6 Å². The Kier molecular flexibility index (Phi) is 4.39. The number of alkyl halides is 2. The van der Waals surface area contributed by atoms with Crippen molar-refractivity contribution in [1.29, 1.82) is 0 Å². The SMILES string of the molecule is CC(C)N(CC(N)=O)C(=O)c1cccc2[nH]c(C(F)F)nc12. The zero-order chi connectivity index (χ0) is 16.4. The average Bonchev–Trinajstić information content (AvgIpc) is 2.87. The number of amides is 2. The monoisotopic (exact) mass is 310 g/mol. The molecular weight excluding hydrogens is 294 g/mol. The number of fused-ring (bicyclic) bond motifs is 1. The summed E-state index contributed by atoms with van der Waals surface area (Å²) in [6, 6.07) is 4.32. The number of benzene rings is 1. The van der Waals surface area contributed by atoms with Crippen molar-refractivity contribution >= 4 is 22.8 Å². The Labute approximate surface area is 125 Å². The predicted octanol–water partition coefficient (Wildman–Crippen LogP) is 1.84. The predicted molar refractivity (Wildman–Crippen MR) is 76.4 cm³/mol. The Bertz CT molecular complexity index is 712. The number of halogens is 2. The molecule has 8 heteroatoms. The lowest BCUT2D eigenvalue weighted by Gasteiger charge is -2.25. The molecule has 0 spiro atoms. The molecule has 2 rings (SSSR count). The Morgan fingerprint density at radius 1 is 1.36 bits per heavy atom.